The highest BCUT2D eigenvalue weighted by molar-refractivity contribution is 7.92. The monoisotopic (exact) mass is 599 g/mol. The maximum absolute atomic E-state index is 13.5. The molecule has 0 saturated heterocycles. The maximum Gasteiger partial charge on any atom is 0.328 e. The summed E-state index contributed by atoms with van der Waals surface area (Å²) >= 11 is 0. The van der Waals surface area contributed by atoms with Crippen molar-refractivity contribution in [1.82, 2.24) is 18.7 Å². The van der Waals surface area contributed by atoms with E-state index in [1.807, 2.05) is 11.5 Å². The van der Waals surface area contributed by atoms with Crippen molar-refractivity contribution in [3.05, 3.63) is 52.8 Å². The normalized spacial score (nSPS) is 13.2. The minimum atomic E-state index is -4.07. The van der Waals surface area contributed by atoms with Gasteiger partial charge in [0.15, 0.2) is 10.8 Å². The number of hydrogen-bond acceptors (Lipinski definition) is 8. The lowest BCUT2D eigenvalue weighted by molar-refractivity contribution is 0.172. The predicted octanol–water partition coefficient (Wildman–Crippen LogP) is 4.21. The first-order chi connectivity index (χ1) is 20.2. The van der Waals surface area contributed by atoms with Crippen LogP contribution in [0.15, 0.2) is 46.3 Å². The lowest BCUT2D eigenvalue weighted by Gasteiger charge is -2.16. The Morgan fingerprint density at radius 3 is 2.31 bits per heavy atom. The van der Waals surface area contributed by atoms with Gasteiger partial charge in [0.1, 0.15) is 23.1 Å². The summed E-state index contributed by atoms with van der Waals surface area (Å²) in [4.78, 5) is 17.1. The van der Waals surface area contributed by atoms with Crippen LogP contribution in [-0.2, 0) is 41.8 Å². The summed E-state index contributed by atoms with van der Waals surface area (Å²) in [5, 5.41) is -0.0610. The van der Waals surface area contributed by atoms with E-state index in [9.17, 15) is 13.2 Å². The smallest absolute Gasteiger partial charge is 0.328 e. The lowest BCUT2D eigenvalue weighted by atomic mass is 10.2. The number of aryl methyl sites for hydroxylation is 4. The molecule has 0 fully saturated rings. The number of rotatable bonds is 13. The molecule has 0 amide bonds. The van der Waals surface area contributed by atoms with Gasteiger partial charge in [0.05, 0.1) is 29.9 Å². The fraction of sp³-hybridized carbons (Fsp3) is 0.448. The summed E-state index contributed by atoms with van der Waals surface area (Å²) in [7, 11) is 0.851. The van der Waals surface area contributed by atoms with Crippen molar-refractivity contribution in [2.24, 2.45) is 14.1 Å². The van der Waals surface area contributed by atoms with Crippen molar-refractivity contribution in [2.75, 3.05) is 31.7 Å². The van der Waals surface area contributed by atoms with E-state index in [2.05, 4.69) is 9.71 Å². The summed E-state index contributed by atoms with van der Waals surface area (Å²) in [6.45, 7) is 4.24. The van der Waals surface area contributed by atoms with Crippen LogP contribution < -0.4 is 24.6 Å². The predicted molar refractivity (Wildman–Crippen MR) is 158 cm³/mol. The van der Waals surface area contributed by atoms with E-state index in [0.717, 1.165) is 38.1 Å². The highest BCUT2D eigenvalue weighted by atomic mass is 32.2. The van der Waals surface area contributed by atoms with Crippen molar-refractivity contribution < 1.29 is 27.4 Å². The van der Waals surface area contributed by atoms with Crippen molar-refractivity contribution in [2.45, 2.75) is 50.6 Å². The van der Waals surface area contributed by atoms with Crippen LogP contribution >= 0.6 is 0 Å². The second-order valence-corrected chi connectivity index (χ2v) is 11.9. The molecule has 13 heteroatoms. The summed E-state index contributed by atoms with van der Waals surface area (Å²) in [6.07, 6.45) is 5.77. The molecule has 42 heavy (non-hydrogen) atoms. The van der Waals surface area contributed by atoms with E-state index < -0.39 is 10.0 Å². The van der Waals surface area contributed by atoms with Crippen LogP contribution in [0.1, 0.15) is 38.4 Å². The fourth-order valence-corrected chi connectivity index (χ4v) is 5.96. The Balaban J connectivity index is 1.54. The molecule has 0 atom stereocenters. The van der Waals surface area contributed by atoms with E-state index in [4.69, 9.17) is 18.9 Å². The number of hydrogen-bond donors (Lipinski definition) is 1. The van der Waals surface area contributed by atoms with E-state index in [1.165, 1.54) is 9.13 Å². The second kappa shape index (κ2) is 12.5. The van der Waals surface area contributed by atoms with Crippen molar-refractivity contribution in [3.8, 4) is 23.0 Å². The first-order valence-corrected chi connectivity index (χ1v) is 15.5. The molecular weight excluding hydrogens is 562 g/mol. The average molecular weight is 600 g/mol. The Labute approximate surface area is 244 Å². The van der Waals surface area contributed by atoms with Crippen LogP contribution in [0.4, 0.5) is 5.69 Å². The summed E-state index contributed by atoms with van der Waals surface area (Å²) in [6, 6.07) is 8.45. The Bertz CT molecular complexity index is 1720. The van der Waals surface area contributed by atoms with Gasteiger partial charge in [-0.05, 0) is 25.3 Å². The first-order valence-electron chi connectivity index (χ1n) is 14.1. The van der Waals surface area contributed by atoms with Crippen LogP contribution in [0, 0.1) is 0 Å². The molecule has 5 rings (SSSR count). The van der Waals surface area contributed by atoms with Gasteiger partial charge in [-0.25, -0.2) is 9.78 Å². The molecule has 0 unspecified atom stereocenters. The number of fused-ring (bicyclic) bond motifs is 2. The van der Waals surface area contributed by atoms with Crippen LogP contribution in [0.25, 0.3) is 11.0 Å². The third kappa shape index (κ3) is 6.26. The van der Waals surface area contributed by atoms with Crippen LogP contribution in [-0.4, -0.2) is 54.0 Å². The van der Waals surface area contributed by atoms with Gasteiger partial charge in [0.2, 0.25) is 0 Å². The summed E-state index contributed by atoms with van der Waals surface area (Å²) in [5.41, 5.74) is 1.03. The van der Waals surface area contributed by atoms with Gasteiger partial charge in [-0.15, -0.1) is 0 Å². The molecule has 2 aromatic carbocycles. The molecule has 1 aliphatic heterocycles. The number of anilines is 1. The molecule has 226 valence electrons. The Hall–Kier alpha value is -3.97. The minimum Gasteiger partial charge on any atom is -0.493 e. The quantitative estimate of drug-likeness (QED) is 0.227. The van der Waals surface area contributed by atoms with Crippen molar-refractivity contribution in [1.29, 1.82) is 0 Å². The van der Waals surface area contributed by atoms with Gasteiger partial charge < -0.3 is 23.5 Å². The van der Waals surface area contributed by atoms with Gasteiger partial charge >= 0.3 is 5.69 Å². The standard InChI is InChI=1S/C29H37N5O7S/c1-5-11-39-20-14-21(40-13-8-12-38-4)16-22(15-20)41-26-18-25-24(32(2)29(35)33(25)3)17-23(26)31-42(36,37)28-19-34-10-7-6-9-27(34)30-28/h14-19,31H,5-13H2,1-4H3. The maximum atomic E-state index is 13.5. The molecule has 0 aliphatic carbocycles. The fourth-order valence-electron chi connectivity index (χ4n) is 4.91. The van der Waals surface area contributed by atoms with Crippen LogP contribution in [0.5, 0.6) is 23.0 Å². The first kappa shape index (κ1) is 29.5. The zero-order valence-corrected chi connectivity index (χ0v) is 25.2. The number of aromatic nitrogens is 4. The van der Waals surface area contributed by atoms with E-state index in [1.54, 1.807) is 57.7 Å². The van der Waals surface area contributed by atoms with Gasteiger partial charge in [-0.1, -0.05) is 6.92 Å². The highest BCUT2D eigenvalue weighted by Crippen LogP contribution is 2.38. The number of nitrogens with one attached hydrogen (secondary N) is 1. The molecule has 1 aliphatic rings. The molecule has 0 radical (unpaired) electrons. The number of methoxy groups -OCH3 is 1. The largest absolute Gasteiger partial charge is 0.493 e. The van der Waals surface area contributed by atoms with E-state index in [-0.39, 0.29) is 22.2 Å². The molecule has 2 aromatic heterocycles. The molecule has 3 heterocycles. The van der Waals surface area contributed by atoms with Gasteiger partial charge in [-0.2, -0.15) is 8.42 Å². The van der Waals surface area contributed by atoms with Crippen LogP contribution in [0.3, 0.4) is 0 Å². The summed E-state index contributed by atoms with van der Waals surface area (Å²) < 4.78 is 57.8. The number of nitrogens with zero attached hydrogens (tertiary/aromatic N) is 4. The Kier molecular flexibility index (Phi) is 8.78. The zero-order chi connectivity index (χ0) is 29.9. The van der Waals surface area contributed by atoms with Gasteiger partial charge in [0, 0.05) is 77.7 Å². The Morgan fingerprint density at radius 1 is 0.929 bits per heavy atom. The molecule has 12 nitrogen and oxygen atoms in total. The molecule has 0 saturated carbocycles. The third-order valence-electron chi connectivity index (χ3n) is 7.10. The number of benzene rings is 2. The lowest BCUT2D eigenvalue weighted by Crippen LogP contribution is -2.19. The zero-order valence-electron chi connectivity index (χ0n) is 24.4. The minimum absolute atomic E-state index is 0.0610. The molecule has 0 spiro atoms. The number of sulfonamides is 1. The molecule has 0 bridgehead atoms. The summed E-state index contributed by atoms with van der Waals surface area (Å²) in [5.74, 6) is 2.42. The van der Waals surface area contributed by atoms with Crippen molar-refractivity contribution in [3.63, 3.8) is 0 Å². The SMILES string of the molecule is CCCOc1cc(OCCCOC)cc(Oc2cc3c(cc2NS(=O)(=O)c2cn4c(n2)CCCC4)n(C)c(=O)n3C)c1. The molecular formula is C29H37N5O7S. The van der Waals surface area contributed by atoms with Gasteiger partial charge in [0.25, 0.3) is 10.0 Å². The second-order valence-electron chi connectivity index (χ2n) is 10.3. The number of ether oxygens (including phenoxy) is 4. The van der Waals surface area contributed by atoms with Crippen LogP contribution in [0.2, 0.25) is 0 Å². The molecule has 4 aromatic rings. The Morgan fingerprint density at radius 2 is 1.62 bits per heavy atom. The van der Waals surface area contributed by atoms with E-state index in [0.29, 0.717) is 54.5 Å². The third-order valence-corrected chi connectivity index (χ3v) is 8.33. The highest BCUT2D eigenvalue weighted by Gasteiger charge is 2.25. The molecule has 1 N–H and O–H groups in total. The van der Waals surface area contributed by atoms with E-state index >= 15 is 0 Å². The van der Waals surface area contributed by atoms with Gasteiger partial charge in [-0.3, -0.25) is 13.9 Å². The van der Waals surface area contributed by atoms with Crippen molar-refractivity contribution >= 4 is 26.7 Å². The number of imidazole rings is 2. The topological polar surface area (TPSA) is 128 Å². The average Bonchev–Trinajstić information content (AvgIpc) is 3.51.